The van der Waals surface area contributed by atoms with Gasteiger partial charge >= 0.3 is 0 Å². The second-order valence-corrected chi connectivity index (χ2v) is 4.63. The van der Waals surface area contributed by atoms with Crippen LogP contribution in [0.1, 0.15) is 25.5 Å². The lowest BCUT2D eigenvalue weighted by molar-refractivity contribution is 0.337. The highest BCUT2D eigenvalue weighted by molar-refractivity contribution is 5.28. The second-order valence-electron chi connectivity index (χ2n) is 4.63. The van der Waals surface area contributed by atoms with Crippen LogP contribution in [0.3, 0.4) is 0 Å². The van der Waals surface area contributed by atoms with E-state index in [1.54, 1.807) is 0 Å². The van der Waals surface area contributed by atoms with Gasteiger partial charge in [-0.25, -0.2) is 4.98 Å². The fraction of sp³-hybridized carbons (Fsp3) is 0.750. The average molecular weight is 222 g/mol. The molecule has 0 radical (unpaired) electrons. The highest BCUT2D eigenvalue weighted by atomic mass is 15.2. The number of rotatable bonds is 6. The molecule has 0 atom stereocenters. The first-order chi connectivity index (χ1) is 7.70. The van der Waals surface area contributed by atoms with E-state index < -0.39 is 0 Å². The summed E-state index contributed by atoms with van der Waals surface area (Å²) in [7, 11) is 2.21. The van der Waals surface area contributed by atoms with Gasteiger partial charge in [0.25, 0.3) is 0 Å². The molecule has 0 aromatic carbocycles. The van der Waals surface area contributed by atoms with E-state index in [-0.39, 0.29) is 0 Å². The first-order valence-corrected chi connectivity index (χ1v) is 6.18. The van der Waals surface area contributed by atoms with E-state index in [0.29, 0.717) is 0 Å². The van der Waals surface area contributed by atoms with Gasteiger partial charge in [0.15, 0.2) is 0 Å². The third-order valence-corrected chi connectivity index (χ3v) is 3.16. The van der Waals surface area contributed by atoms with Crippen LogP contribution in [0, 0.1) is 6.92 Å². The Morgan fingerprint density at radius 3 is 2.94 bits per heavy atom. The van der Waals surface area contributed by atoms with E-state index in [9.17, 15) is 0 Å². The molecular weight excluding hydrogens is 200 g/mol. The van der Waals surface area contributed by atoms with Crippen LogP contribution in [0.15, 0.2) is 6.20 Å². The molecule has 0 aliphatic heterocycles. The molecule has 4 heteroatoms. The van der Waals surface area contributed by atoms with Crippen LogP contribution in [-0.4, -0.2) is 40.6 Å². The number of anilines is 1. The lowest BCUT2D eigenvalue weighted by Gasteiger charge is -2.16. The molecule has 0 spiro atoms. The highest BCUT2D eigenvalue weighted by Crippen LogP contribution is 2.24. The van der Waals surface area contributed by atoms with E-state index in [1.165, 1.54) is 12.8 Å². The van der Waals surface area contributed by atoms with E-state index in [4.69, 9.17) is 0 Å². The number of aromatic nitrogens is 2. The molecule has 1 N–H and O–H groups in total. The van der Waals surface area contributed by atoms with Gasteiger partial charge in [0.05, 0.1) is 5.69 Å². The van der Waals surface area contributed by atoms with Crippen LogP contribution in [-0.2, 0) is 6.54 Å². The minimum absolute atomic E-state index is 0.842. The van der Waals surface area contributed by atoms with E-state index in [0.717, 1.165) is 37.3 Å². The maximum Gasteiger partial charge on any atom is 0.203 e. The van der Waals surface area contributed by atoms with Crippen LogP contribution < -0.4 is 5.32 Å². The number of nitrogens with zero attached hydrogens (tertiary/aromatic N) is 3. The van der Waals surface area contributed by atoms with Crippen LogP contribution in [0.4, 0.5) is 5.95 Å². The van der Waals surface area contributed by atoms with Gasteiger partial charge in [0.2, 0.25) is 5.95 Å². The van der Waals surface area contributed by atoms with Crippen LogP contribution in [0.25, 0.3) is 0 Å². The Morgan fingerprint density at radius 2 is 2.31 bits per heavy atom. The molecular formula is C12H22N4. The molecule has 4 nitrogen and oxygen atoms in total. The quantitative estimate of drug-likeness (QED) is 0.795. The first-order valence-electron chi connectivity index (χ1n) is 6.18. The number of likely N-dealkylation sites (N-methyl/N-ethyl adjacent to an activating group) is 1. The van der Waals surface area contributed by atoms with Crippen LogP contribution >= 0.6 is 0 Å². The van der Waals surface area contributed by atoms with Crippen molar-refractivity contribution in [3.8, 4) is 0 Å². The first kappa shape index (κ1) is 11.5. The summed E-state index contributed by atoms with van der Waals surface area (Å²) in [6, 6.07) is 0.842. The van der Waals surface area contributed by atoms with Crippen molar-refractivity contribution in [3.63, 3.8) is 0 Å². The lowest BCUT2D eigenvalue weighted by Crippen LogP contribution is -2.27. The van der Waals surface area contributed by atoms with Gasteiger partial charge in [-0.1, -0.05) is 0 Å². The monoisotopic (exact) mass is 222 g/mol. The van der Waals surface area contributed by atoms with Crippen molar-refractivity contribution in [2.45, 2.75) is 39.3 Å². The number of hydrogen-bond acceptors (Lipinski definition) is 3. The Kier molecular flexibility index (Phi) is 3.49. The van der Waals surface area contributed by atoms with Crippen LogP contribution in [0.2, 0.25) is 0 Å². The molecule has 0 unspecified atom stereocenters. The van der Waals surface area contributed by atoms with Gasteiger partial charge in [-0.2, -0.15) is 0 Å². The van der Waals surface area contributed by atoms with Crippen molar-refractivity contribution in [1.29, 1.82) is 0 Å². The molecule has 1 aromatic rings. The van der Waals surface area contributed by atoms with Gasteiger partial charge in [-0.3, -0.25) is 0 Å². The molecule has 1 fully saturated rings. The topological polar surface area (TPSA) is 33.1 Å². The van der Waals surface area contributed by atoms with Crippen molar-refractivity contribution in [2.75, 3.05) is 25.5 Å². The molecule has 1 aromatic heterocycles. The minimum Gasteiger partial charge on any atom is -0.354 e. The van der Waals surface area contributed by atoms with Crippen molar-refractivity contribution in [3.05, 3.63) is 11.9 Å². The van der Waals surface area contributed by atoms with Crippen LogP contribution in [0.5, 0.6) is 0 Å². The zero-order chi connectivity index (χ0) is 11.5. The SMILES string of the molecule is CCn1cc(C)nc1NCCN(C)C1CC1. The third-order valence-electron chi connectivity index (χ3n) is 3.16. The molecule has 16 heavy (non-hydrogen) atoms. The van der Waals surface area contributed by atoms with Gasteiger partial charge in [0.1, 0.15) is 0 Å². The molecule has 1 aliphatic carbocycles. The summed E-state index contributed by atoms with van der Waals surface area (Å²) in [5.41, 5.74) is 1.08. The predicted octanol–water partition coefficient (Wildman–Crippen LogP) is 1.72. The maximum atomic E-state index is 4.47. The van der Waals surface area contributed by atoms with Crippen molar-refractivity contribution >= 4 is 5.95 Å². The molecule has 0 bridgehead atoms. The van der Waals surface area contributed by atoms with Crippen molar-refractivity contribution in [2.24, 2.45) is 0 Å². The molecule has 2 rings (SSSR count). The molecule has 1 saturated carbocycles. The van der Waals surface area contributed by atoms with Crippen molar-refractivity contribution < 1.29 is 0 Å². The number of aryl methyl sites for hydroxylation is 2. The summed E-state index contributed by atoms with van der Waals surface area (Å²) < 4.78 is 2.16. The fourth-order valence-electron chi connectivity index (χ4n) is 1.97. The van der Waals surface area contributed by atoms with Crippen molar-refractivity contribution in [1.82, 2.24) is 14.5 Å². The second kappa shape index (κ2) is 4.87. The summed E-state index contributed by atoms with van der Waals surface area (Å²) >= 11 is 0. The number of imidazole rings is 1. The fourth-order valence-corrected chi connectivity index (χ4v) is 1.97. The van der Waals surface area contributed by atoms with Gasteiger partial charge in [-0.15, -0.1) is 0 Å². The third kappa shape index (κ3) is 2.76. The van der Waals surface area contributed by atoms with Gasteiger partial charge in [-0.05, 0) is 33.7 Å². The summed E-state index contributed by atoms with van der Waals surface area (Å²) in [4.78, 5) is 6.90. The minimum atomic E-state index is 0.842. The van der Waals surface area contributed by atoms with E-state index >= 15 is 0 Å². The standard InChI is InChI=1S/C12H22N4/c1-4-16-9-10(2)14-12(16)13-7-8-15(3)11-5-6-11/h9,11H,4-8H2,1-3H3,(H,13,14). The molecule has 90 valence electrons. The molecule has 1 aliphatic rings. The number of hydrogen-bond donors (Lipinski definition) is 1. The smallest absolute Gasteiger partial charge is 0.203 e. The average Bonchev–Trinajstić information content (AvgIpc) is 3.03. The largest absolute Gasteiger partial charge is 0.354 e. The summed E-state index contributed by atoms with van der Waals surface area (Å²) in [6.45, 7) is 7.22. The summed E-state index contributed by atoms with van der Waals surface area (Å²) in [5, 5.41) is 3.41. The lowest BCUT2D eigenvalue weighted by atomic mass is 10.5. The Labute approximate surface area is 97.7 Å². The molecule has 0 saturated heterocycles. The molecule has 0 amide bonds. The maximum absolute atomic E-state index is 4.47. The zero-order valence-electron chi connectivity index (χ0n) is 10.5. The Bertz CT molecular complexity index is 341. The van der Waals surface area contributed by atoms with E-state index in [1.807, 2.05) is 6.92 Å². The Hall–Kier alpha value is -1.03. The van der Waals surface area contributed by atoms with E-state index in [2.05, 4.69) is 39.9 Å². The molecule has 1 heterocycles. The predicted molar refractivity (Wildman–Crippen MR) is 66.8 cm³/mol. The Balaban J connectivity index is 1.79. The normalized spacial score (nSPS) is 15.8. The van der Waals surface area contributed by atoms with Gasteiger partial charge in [0, 0.05) is 31.9 Å². The summed E-state index contributed by atoms with van der Waals surface area (Å²) in [6.07, 6.45) is 4.84. The Morgan fingerprint density at radius 1 is 1.56 bits per heavy atom. The number of nitrogens with one attached hydrogen (secondary N) is 1. The summed E-state index contributed by atoms with van der Waals surface area (Å²) in [5.74, 6) is 1.00. The zero-order valence-corrected chi connectivity index (χ0v) is 10.5. The highest BCUT2D eigenvalue weighted by Gasteiger charge is 2.25. The van der Waals surface area contributed by atoms with Gasteiger partial charge < -0.3 is 14.8 Å².